The Balaban J connectivity index is 2.20. The molecule has 0 saturated heterocycles. The van der Waals surface area contributed by atoms with Crippen LogP contribution in [0, 0.1) is 12.7 Å². The molecule has 3 nitrogen and oxygen atoms in total. The van der Waals surface area contributed by atoms with Crippen LogP contribution in [0.1, 0.15) is 24.1 Å². The van der Waals surface area contributed by atoms with Gasteiger partial charge in [-0.2, -0.15) is 0 Å². The molecule has 0 radical (unpaired) electrons. The van der Waals surface area contributed by atoms with Crippen LogP contribution >= 0.6 is 0 Å². The van der Waals surface area contributed by atoms with Gasteiger partial charge in [0.05, 0.1) is 0 Å². The summed E-state index contributed by atoms with van der Waals surface area (Å²) in [6.45, 7) is 3.76. The molecule has 0 aliphatic carbocycles. The minimum Gasteiger partial charge on any atom is -0.439 e. The standard InChI is InChI=1S/C15H17FN2O/c1-10-4-5-13(9-14(10)16)19-15-8-12(6-7-18-15)11(2)17-3/h4-9,11,17H,1-3H3. The summed E-state index contributed by atoms with van der Waals surface area (Å²) in [6.07, 6.45) is 1.68. The highest BCUT2D eigenvalue weighted by Crippen LogP contribution is 2.23. The molecule has 2 aromatic rings. The Labute approximate surface area is 112 Å². The van der Waals surface area contributed by atoms with Crippen molar-refractivity contribution in [3.8, 4) is 11.6 Å². The number of benzene rings is 1. The van der Waals surface area contributed by atoms with Gasteiger partial charge in [-0.05, 0) is 44.2 Å². The van der Waals surface area contributed by atoms with Crippen LogP contribution in [-0.2, 0) is 0 Å². The molecule has 1 aromatic heterocycles. The molecule has 0 aliphatic rings. The van der Waals surface area contributed by atoms with E-state index in [1.54, 1.807) is 25.3 Å². The van der Waals surface area contributed by atoms with Crippen LogP contribution in [0.25, 0.3) is 0 Å². The Morgan fingerprint density at radius 2 is 2.05 bits per heavy atom. The van der Waals surface area contributed by atoms with Gasteiger partial charge in [0.25, 0.3) is 0 Å². The average Bonchev–Trinajstić information content (AvgIpc) is 2.42. The lowest BCUT2D eigenvalue weighted by Gasteiger charge is -2.12. The van der Waals surface area contributed by atoms with Crippen molar-refractivity contribution in [1.82, 2.24) is 10.3 Å². The topological polar surface area (TPSA) is 34.2 Å². The van der Waals surface area contributed by atoms with Gasteiger partial charge in [-0.25, -0.2) is 9.37 Å². The van der Waals surface area contributed by atoms with Crippen molar-refractivity contribution in [3.05, 3.63) is 53.5 Å². The fraction of sp³-hybridized carbons (Fsp3) is 0.267. The Morgan fingerprint density at radius 3 is 2.74 bits per heavy atom. The summed E-state index contributed by atoms with van der Waals surface area (Å²) in [5.41, 5.74) is 1.66. The largest absolute Gasteiger partial charge is 0.439 e. The van der Waals surface area contributed by atoms with E-state index in [1.165, 1.54) is 6.07 Å². The third-order valence-corrected chi connectivity index (χ3v) is 3.06. The molecule has 1 aromatic carbocycles. The van der Waals surface area contributed by atoms with Crippen LogP contribution in [0.5, 0.6) is 11.6 Å². The molecule has 1 N–H and O–H groups in total. The molecule has 19 heavy (non-hydrogen) atoms. The van der Waals surface area contributed by atoms with Crippen LogP contribution < -0.4 is 10.1 Å². The van der Waals surface area contributed by atoms with E-state index in [9.17, 15) is 4.39 Å². The first kappa shape index (κ1) is 13.5. The van der Waals surface area contributed by atoms with Crippen LogP contribution in [0.4, 0.5) is 4.39 Å². The molecule has 1 heterocycles. The highest BCUT2D eigenvalue weighted by molar-refractivity contribution is 5.32. The highest BCUT2D eigenvalue weighted by atomic mass is 19.1. The lowest BCUT2D eigenvalue weighted by molar-refractivity contribution is 0.455. The predicted octanol–water partition coefficient (Wildman–Crippen LogP) is 3.60. The minimum atomic E-state index is -0.280. The molecule has 0 spiro atoms. The van der Waals surface area contributed by atoms with Crippen molar-refractivity contribution < 1.29 is 9.13 Å². The molecular weight excluding hydrogens is 243 g/mol. The van der Waals surface area contributed by atoms with Gasteiger partial charge in [0, 0.05) is 24.4 Å². The molecule has 1 unspecified atom stereocenters. The van der Waals surface area contributed by atoms with Gasteiger partial charge in [0.1, 0.15) is 11.6 Å². The summed E-state index contributed by atoms with van der Waals surface area (Å²) in [6, 6.07) is 8.76. The maximum absolute atomic E-state index is 13.4. The van der Waals surface area contributed by atoms with E-state index in [1.807, 2.05) is 26.1 Å². The van der Waals surface area contributed by atoms with Gasteiger partial charge in [-0.1, -0.05) is 6.07 Å². The Hall–Kier alpha value is -1.94. The second kappa shape index (κ2) is 5.80. The van der Waals surface area contributed by atoms with Gasteiger partial charge in [0.2, 0.25) is 5.88 Å². The van der Waals surface area contributed by atoms with Crippen molar-refractivity contribution in [2.24, 2.45) is 0 Å². The number of pyridine rings is 1. The fourth-order valence-corrected chi connectivity index (χ4v) is 1.67. The summed E-state index contributed by atoms with van der Waals surface area (Å²) in [7, 11) is 1.89. The first-order valence-electron chi connectivity index (χ1n) is 6.17. The van der Waals surface area contributed by atoms with E-state index >= 15 is 0 Å². The summed E-state index contributed by atoms with van der Waals surface area (Å²) in [5, 5.41) is 3.15. The van der Waals surface area contributed by atoms with E-state index in [0.717, 1.165) is 5.56 Å². The van der Waals surface area contributed by atoms with Gasteiger partial charge >= 0.3 is 0 Å². The third-order valence-electron chi connectivity index (χ3n) is 3.06. The van der Waals surface area contributed by atoms with Crippen LogP contribution in [0.15, 0.2) is 36.5 Å². The third kappa shape index (κ3) is 3.29. The number of nitrogens with zero attached hydrogens (tertiary/aromatic N) is 1. The summed E-state index contributed by atoms with van der Waals surface area (Å²) in [4.78, 5) is 4.13. The van der Waals surface area contributed by atoms with Crippen molar-refractivity contribution in [3.63, 3.8) is 0 Å². The summed E-state index contributed by atoms with van der Waals surface area (Å²) >= 11 is 0. The molecule has 4 heteroatoms. The zero-order chi connectivity index (χ0) is 13.8. The lowest BCUT2D eigenvalue weighted by atomic mass is 10.1. The number of rotatable bonds is 4. The van der Waals surface area contributed by atoms with Crippen molar-refractivity contribution >= 4 is 0 Å². The zero-order valence-electron chi connectivity index (χ0n) is 11.3. The predicted molar refractivity (Wildman–Crippen MR) is 72.9 cm³/mol. The minimum absolute atomic E-state index is 0.208. The first-order chi connectivity index (χ1) is 9.10. The SMILES string of the molecule is CNC(C)c1ccnc(Oc2ccc(C)c(F)c2)c1. The van der Waals surface area contributed by atoms with Gasteiger partial charge in [-0.15, -0.1) is 0 Å². The smallest absolute Gasteiger partial charge is 0.219 e. The number of hydrogen-bond acceptors (Lipinski definition) is 3. The molecule has 0 amide bonds. The van der Waals surface area contributed by atoms with Crippen molar-refractivity contribution in [2.45, 2.75) is 19.9 Å². The Kier molecular flexibility index (Phi) is 4.12. The number of nitrogens with one attached hydrogen (secondary N) is 1. The quantitative estimate of drug-likeness (QED) is 0.912. The van der Waals surface area contributed by atoms with Crippen LogP contribution in [0.2, 0.25) is 0 Å². The van der Waals surface area contributed by atoms with Crippen molar-refractivity contribution in [1.29, 1.82) is 0 Å². The molecule has 2 rings (SSSR count). The van der Waals surface area contributed by atoms with Crippen LogP contribution in [0.3, 0.4) is 0 Å². The molecule has 0 fully saturated rings. The summed E-state index contributed by atoms with van der Waals surface area (Å²) < 4.78 is 19.0. The number of halogens is 1. The van der Waals surface area contributed by atoms with Gasteiger partial charge < -0.3 is 10.1 Å². The highest BCUT2D eigenvalue weighted by Gasteiger charge is 2.06. The average molecular weight is 260 g/mol. The van der Waals surface area contributed by atoms with E-state index in [4.69, 9.17) is 4.74 Å². The molecular formula is C15H17FN2O. The van der Waals surface area contributed by atoms with E-state index in [-0.39, 0.29) is 11.9 Å². The molecule has 100 valence electrons. The Morgan fingerprint density at radius 1 is 1.26 bits per heavy atom. The monoisotopic (exact) mass is 260 g/mol. The molecule has 0 saturated carbocycles. The normalized spacial score (nSPS) is 12.2. The lowest BCUT2D eigenvalue weighted by Crippen LogP contribution is -2.12. The second-order valence-electron chi connectivity index (χ2n) is 4.45. The van der Waals surface area contributed by atoms with Gasteiger partial charge in [0.15, 0.2) is 0 Å². The molecule has 1 atom stereocenters. The molecule has 0 aliphatic heterocycles. The Bertz CT molecular complexity index is 572. The van der Waals surface area contributed by atoms with E-state index < -0.39 is 0 Å². The number of hydrogen-bond donors (Lipinski definition) is 1. The van der Waals surface area contributed by atoms with Gasteiger partial charge in [-0.3, -0.25) is 0 Å². The maximum atomic E-state index is 13.4. The fourth-order valence-electron chi connectivity index (χ4n) is 1.67. The van der Waals surface area contributed by atoms with E-state index in [2.05, 4.69) is 10.3 Å². The van der Waals surface area contributed by atoms with Crippen molar-refractivity contribution in [2.75, 3.05) is 7.05 Å². The maximum Gasteiger partial charge on any atom is 0.219 e. The van der Waals surface area contributed by atoms with E-state index in [0.29, 0.717) is 17.2 Å². The van der Waals surface area contributed by atoms with Crippen LogP contribution in [-0.4, -0.2) is 12.0 Å². The first-order valence-corrected chi connectivity index (χ1v) is 6.17. The number of aryl methyl sites for hydroxylation is 1. The zero-order valence-corrected chi connectivity index (χ0v) is 11.3. The summed E-state index contributed by atoms with van der Waals surface area (Å²) in [5.74, 6) is 0.630. The second-order valence-corrected chi connectivity index (χ2v) is 4.45. The molecule has 0 bridgehead atoms. The number of aromatic nitrogens is 1. The number of ether oxygens (including phenoxy) is 1.